The van der Waals surface area contributed by atoms with Gasteiger partial charge in [0.05, 0.1) is 6.61 Å². The molecule has 0 bridgehead atoms. The molecule has 1 aliphatic rings. The van der Waals surface area contributed by atoms with Crippen molar-refractivity contribution in [2.45, 2.75) is 45.4 Å². The van der Waals surface area contributed by atoms with Gasteiger partial charge in [0, 0.05) is 5.56 Å². The molecule has 1 saturated carbocycles. The lowest BCUT2D eigenvalue weighted by Gasteiger charge is -2.21. The van der Waals surface area contributed by atoms with Gasteiger partial charge in [-0.15, -0.1) is 0 Å². The van der Waals surface area contributed by atoms with Crippen molar-refractivity contribution in [1.29, 1.82) is 0 Å². The van der Waals surface area contributed by atoms with E-state index in [4.69, 9.17) is 4.74 Å². The van der Waals surface area contributed by atoms with Crippen LogP contribution in [0.3, 0.4) is 0 Å². The molecule has 1 aliphatic carbocycles. The maximum Gasteiger partial charge on any atom is 0.159 e. The molecule has 2 heteroatoms. The fourth-order valence-corrected chi connectivity index (χ4v) is 3.46. The Balaban J connectivity index is 1.53. The van der Waals surface area contributed by atoms with Crippen LogP contribution in [0.4, 0.5) is 0 Å². The van der Waals surface area contributed by atoms with Gasteiger partial charge in [0.15, 0.2) is 5.78 Å². The fourth-order valence-electron chi connectivity index (χ4n) is 3.46. The molecule has 0 aliphatic heterocycles. The van der Waals surface area contributed by atoms with Gasteiger partial charge in [-0.05, 0) is 42.5 Å². The normalized spacial score (nSPS) is 15.2. The van der Waals surface area contributed by atoms with E-state index in [1.807, 2.05) is 36.4 Å². The second-order valence-corrected chi connectivity index (χ2v) is 6.80. The summed E-state index contributed by atoms with van der Waals surface area (Å²) in [5, 5.41) is 0. The fraction of sp³-hybridized carbons (Fsp3) is 0.409. The van der Waals surface area contributed by atoms with E-state index < -0.39 is 0 Å². The van der Waals surface area contributed by atoms with E-state index >= 15 is 0 Å². The predicted molar refractivity (Wildman–Crippen MR) is 98.6 cm³/mol. The van der Waals surface area contributed by atoms with Crippen LogP contribution in [-0.2, 0) is 0 Å². The zero-order chi connectivity index (χ0) is 16.8. The first-order valence-electron chi connectivity index (χ1n) is 9.06. The molecular formula is C22H26O2. The smallest absolute Gasteiger partial charge is 0.159 e. The van der Waals surface area contributed by atoms with Crippen LogP contribution in [0, 0.1) is 5.92 Å². The monoisotopic (exact) mass is 322 g/mol. The van der Waals surface area contributed by atoms with Gasteiger partial charge in [-0.3, -0.25) is 4.79 Å². The highest BCUT2D eigenvalue weighted by atomic mass is 16.5. The number of benzene rings is 2. The Morgan fingerprint density at radius 2 is 1.50 bits per heavy atom. The summed E-state index contributed by atoms with van der Waals surface area (Å²) in [4.78, 5) is 11.3. The van der Waals surface area contributed by atoms with Crippen LogP contribution in [0.1, 0.15) is 55.8 Å². The minimum Gasteiger partial charge on any atom is -0.494 e. The molecular weight excluding hydrogens is 296 g/mol. The van der Waals surface area contributed by atoms with Crippen molar-refractivity contribution in [2.24, 2.45) is 5.92 Å². The summed E-state index contributed by atoms with van der Waals surface area (Å²) in [6.07, 6.45) is 8.11. The summed E-state index contributed by atoms with van der Waals surface area (Å²) in [6, 6.07) is 16.0. The SMILES string of the molecule is CC(=O)c1ccc(-c2ccc(OCCC3CCCCC3)cc2)cc1. The van der Waals surface area contributed by atoms with Crippen LogP contribution in [0.25, 0.3) is 11.1 Å². The number of hydrogen-bond acceptors (Lipinski definition) is 2. The van der Waals surface area contributed by atoms with Crippen molar-refractivity contribution < 1.29 is 9.53 Å². The summed E-state index contributed by atoms with van der Waals surface area (Å²) in [7, 11) is 0. The Kier molecular flexibility index (Phi) is 5.68. The van der Waals surface area contributed by atoms with Gasteiger partial charge in [0.2, 0.25) is 0 Å². The number of carbonyl (C=O) groups is 1. The first kappa shape index (κ1) is 16.8. The molecule has 0 radical (unpaired) electrons. The van der Waals surface area contributed by atoms with Gasteiger partial charge in [0.25, 0.3) is 0 Å². The minimum absolute atomic E-state index is 0.100. The van der Waals surface area contributed by atoms with E-state index in [1.165, 1.54) is 38.5 Å². The molecule has 2 aromatic rings. The van der Waals surface area contributed by atoms with Gasteiger partial charge in [0.1, 0.15) is 5.75 Å². The van der Waals surface area contributed by atoms with Crippen LogP contribution in [-0.4, -0.2) is 12.4 Å². The van der Waals surface area contributed by atoms with Crippen molar-refractivity contribution >= 4 is 5.78 Å². The number of ether oxygens (including phenoxy) is 1. The maximum absolute atomic E-state index is 11.3. The number of carbonyl (C=O) groups excluding carboxylic acids is 1. The molecule has 3 rings (SSSR count). The van der Waals surface area contributed by atoms with E-state index in [0.717, 1.165) is 35.0 Å². The largest absolute Gasteiger partial charge is 0.494 e. The molecule has 0 N–H and O–H groups in total. The van der Waals surface area contributed by atoms with Crippen molar-refractivity contribution in [3.63, 3.8) is 0 Å². The predicted octanol–water partition coefficient (Wildman–Crippen LogP) is 5.91. The lowest BCUT2D eigenvalue weighted by atomic mass is 9.87. The Hall–Kier alpha value is -2.09. The van der Waals surface area contributed by atoms with E-state index in [2.05, 4.69) is 12.1 Å². The van der Waals surface area contributed by atoms with Crippen LogP contribution in [0.2, 0.25) is 0 Å². The topological polar surface area (TPSA) is 26.3 Å². The van der Waals surface area contributed by atoms with E-state index in [-0.39, 0.29) is 5.78 Å². The second-order valence-electron chi connectivity index (χ2n) is 6.80. The molecule has 0 heterocycles. The highest BCUT2D eigenvalue weighted by Gasteiger charge is 2.13. The molecule has 0 amide bonds. The van der Waals surface area contributed by atoms with Gasteiger partial charge in [-0.25, -0.2) is 0 Å². The number of hydrogen-bond donors (Lipinski definition) is 0. The quantitative estimate of drug-likeness (QED) is 0.618. The summed E-state index contributed by atoms with van der Waals surface area (Å²) < 4.78 is 5.91. The first-order valence-corrected chi connectivity index (χ1v) is 9.06. The summed E-state index contributed by atoms with van der Waals surface area (Å²) >= 11 is 0. The van der Waals surface area contributed by atoms with Crippen LogP contribution < -0.4 is 4.74 Å². The molecule has 0 spiro atoms. The van der Waals surface area contributed by atoms with E-state index in [1.54, 1.807) is 6.92 Å². The Bertz CT molecular complexity index is 649. The van der Waals surface area contributed by atoms with Crippen molar-refractivity contribution in [1.82, 2.24) is 0 Å². The molecule has 0 saturated heterocycles. The average molecular weight is 322 g/mol. The van der Waals surface area contributed by atoms with Crippen molar-refractivity contribution in [3.8, 4) is 16.9 Å². The Morgan fingerprint density at radius 1 is 0.917 bits per heavy atom. The van der Waals surface area contributed by atoms with E-state index in [9.17, 15) is 4.79 Å². The van der Waals surface area contributed by atoms with Gasteiger partial charge in [-0.2, -0.15) is 0 Å². The lowest BCUT2D eigenvalue weighted by molar-refractivity contribution is 0.101. The molecule has 126 valence electrons. The molecule has 0 aromatic heterocycles. The zero-order valence-corrected chi connectivity index (χ0v) is 14.5. The standard InChI is InChI=1S/C22H26O2/c1-17(23)19-7-9-20(10-8-19)21-11-13-22(14-12-21)24-16-15-18-5-3-2-4-6-18/h7-14,18H,2-6,15-16H2,1H3. The second kappa shape index (κ2) is 8.14. The van der Waals surface area contributed by atoms with Crippen molar-refractivity contribution in [3.05, 3.63) is 54.1 Å². The minimum atomic E-state index is 0.100. The molecule has 24 heavy (non-hydrogen) atoms. The van der Waals surface area contributed by atoms with Crippen LogP contribution in [0.15, 0.2) is 48.5 Å². The Morgan fingerprint density at radius 3 is 2.08 bits per heavy atom. The number of rotatable bonds is 6. The lowest BCUT2D eigenvalue weighted by Crippen LogP contribution is -2.10. The third-order valence-electron chi connectivity index (χ3n) is 5.00. The van der Waals surface area contributed by atoms with Crippen LogP contribution in [0.5, 0.6) is 5.75 Å². The average Bonchev–Trinajstić information content (AvgIpc) is 2.63. The summed E-state index contributed by atoms with van der Waals surface area (Å²) in [6.45, 7) is 2.41. The van der Waals surface area contributed by atoms with Gasteiger partial charge in [-0.1, -0.05) is 68.5 Å². The molecule has 2 nitrogen and oxygen atoms in total. The third-order valence-corrected chi connectivity index (χ3v) is 5.00. The summed E-state index contributed by atoms with van der Waals surface area (Å²) in [5.74, 6) is 1.90. The zero-order valence-electron chi connectivity index (χ0n) is 14.5. The molecule has 0 atom stereocenters. The third kappa shape index (κ3) is 4.47. The molecule has 2 aromatic carbocycles. The first-order chi connectivity index (χ1) is 11.7. The van der Waals surface area contributed by atoms with Crippen molar-refractivity contribution in [2.75, 3.05) is 6.61 Å². The van der Waals surface area contributed by atoms with E-state index in [0.29, 0.717) is 0 Å². The summed E-state index contributed by atoms with van der Waals surface area (Å²) in [5.41, 5.74) is 3.01. The number of Topliss-reactive ketones (excluding diaryl/α,β-unsaturated/α-hetero) is 1. The highest BCUT2D eigenvalue weighted by molar-refractivity contribution is 5.94. The van der Waals surface area contributed by atoms with Gasteiger partial charge < -0.3 is 4.74 Å². The number of ketones is 1. The molecule has 1 fully saturated rings. The van der Waals surface area contributed by atoms with Crippen LogP contribution >= 0.6 is 0 Å². The van der Waals surface area contributed by atoms with Gasteiger partial charge >= 0.3 is 0 Å². The maximum atomic E-state index is 11.3. The Labute approximate surface area is 144 Å². The molecule has 0 unspecified atom stereocenters. The highest BCUT2D eigenvalue weighted by Crippen LogP contribution is 2.27.